The Bertz CT molecular complexity index is 2190. The van der Waals surface area contributed by atoms with E-state index in [1.807, 2.05) is 6.07 Å². The van der Waals surface area contributed by atoms with Crippen LogP contribution in [0.5, 0.6) is 23.0 Å². The predicted octanol–water partition coefficient (Wildman–Crippen LogP) is 8.83. The Morgan fingerprint density at radius 3 is 2.32 bits per heavy atom. The minimum absolute atomic E-state index is 0.533. The lowest BCUT2D eigenvalue weighted by molar-refractivity contribution is 0.469. The summed E-state index contributed by atoms with van der Waals surface area (Å²) in [4.78, 5) is 0. The zero-order valence-electron chi connectivity index (χ0n) is 22.4. The summed E-state index contributed by atoms with van der Waals surface area (Å²) in [7, 11) is 0. The molecular formula is C37H25O2PS. The number of fused-ring (bicyclic) bond motifs is 9. The standard InChI is InChI=1S/C37H25O2PS/c1-22-14-15-24-19-30(28-11-5-4-10-27(28)29(24)18-22)25-20-32-37-33(21-25)39-36-26-9-3-2-8-23(26)16-17-35(36)40(37,41)34-13-7-6-12-31(34)38-32/h2-17,19-22H,18H2,1H3/t22-,40?/m1/s1. The molecule has 0 spiro atoms. The van der Waals surface area contributed by atoms with Gasteiger partial charge in [0.15, 0.2) is 0 Å². The van der Waals surface area contributed by atoms with Gasteiger partial charge < -0.3 is 9.47 Å². The van der Waals surface area contributed by atoms with Crippen LogP contribution >= 0.6 is 6.04 Å². The molecule has 0 bridgehead atoms. The molecule has 2 aliphatic heterocycles. The van der Waals surface area contributed by atoms with Crippen LogP contribution < -0.4 is 25.4 Å². The maximum absolute atomic E-state index is 6.89. The van der Waals surface area contributed by atoms with Crippen LogP contribution in [0.4, 0.5) is 0 Å². The topological polar surface area (TPSA) is 18.5 Å². The second-order valence-corrected chi connectivity index (χ2v) is 15.6. The Balaban J connectivity index is 1.36. The zero-order chi connectivity index (χ0) is 27.3. The third-order valence-electron chi connectivity index (χ3n) is 8.82. The highest BCUT2D eigenvalue weighted by Gasteiger charge is 2.43. The average Bonchev–Trinajstić information content (AvgIpc) is 3.00. The summed E-state index contributed by atoms with van der Waals surface area (Å²) in [6.45, 7) is 2.29. The monoisotopic (exact) mass is 564 g/mol. The quantitative estimate of drug-likeness (QED) is 0.186. The molecule has 9 rings (SSSR count). The average molecular weight is 565 g/mol. The van der Waals surface area contributed by atoms with Crippen LogP contribution in [0.3, 0.4) is 0 Å². The van der Waals surface area contributed by atoms with Crippen molar-refractivity contribution < 1.29 is 9.47 Å². The number of para-hydroxylation sites is 1. The van der Waals surface area contributed by atoms with Crippen molar-refractivity contribution in [1.82, 2.24) is 0 Å². The maximum Gasteiger partial charge on any atom is 0.144 e. The number of rotatable bonds is 1. The molecular weight excluding hydrogens is 539 g/mol. The minimum atomic E-state index is -2.43. The summed E-state index contributed by atoms with van der Waals surface area (Å²) in [5.41, 5.74) is 4.97. The summed E-state index contributed by atoms with van der Waals surface area (Å²) in [5, 5.41) is 8.02. The lowest BCUT2D eigenvalue weighted by atomic mass is 9.84. The first-order valence-corrected chi connectivity index (χ1v) is 16.9. The molecule has 2 nitrogen and oxygen atoms in total. The molecule has 0 fully saturated rings. The van der Waals surface area contributed by atoms with Crippen LogP contribution in [0.2, 0.25) is 0 Å². The molecule has 6 aromatic rings. The predicted molar refractivity (Wildman–Crippen MR) is 175 cm³/mol. The third kappa shape index (κ3) is 3.22. The second kappa shape index (κ2) is 8.42. The lowest BCUT2D eigenvalue weighted by Crippen LogP contribution is -2.35. The number of hydrogen-bond acceptors (Lipinski definition) is 3. The molecule has 1 unspecified atom stereocenters. The number of ether oxygens (including phenoxy) is 2. The molecule has 6 aromatic carbocycles. The summed E-state index contributed by atoms with van der Waals surface area (Å²) in [5.74, 6) is 3.88. The first-order valence-electron chi connectivity index (χ1n) is 14.1. The van der Waals surface area contributed by atoms with Crippen molar-refractivity contribution in [3.63, 3.8) is 0 Å². The van der Waals surface area contributed by atoms with Gasteiger partial charge in [-0.25, -0.2) is 0 Å². The van der Waals surface area contributed by atoms with Gasteiger partial charge in [0.1, 0.15) is 23.0 Å². The molecule has 0 aromatic heterocycles. The van der Waals surface area contributed by atoms with E-state index < -0.39 is 6.04 Å². The van der Waals surface area contributed by atoms with Gasteiger partial charge in [-0.05, 0) is 87.1 Å². The van der Waals surface area contributed by atoms with Gasteiger partial charge in [-0.3, -0.25) is 0 Å². The summed E-state index contributed by atoms with van der Waals surface area (Å²) >= 11 is 6.79. The van der Waals surface area contributed by atoms with Crippen LogP contribution in [0, 0.1) is 5.92 Å². The minimum Gasteiger partial charge on any atom is -0.456 e. The molecule has 41 heavy (non-hydrogen) atoms. The molecule has 1 aliphatic carbocycles. The highest BCUT2D eigenvalue weighted by molar-refractivity contribution is 8.26. The van der Waals surface area contributed by atoms with Gasteiger partial charge in [0.2, 0.25) is 0 Å². The second-order valence-electron chi connectivity index (χ2n) is 11.3. The zero-order valence-corrected chi connectivity index (χ0v) is 24.1. The summed E-state index contributed by atoms with van der Waals surface area (Å²) in [6.07, 6.45) is 5.66. The van der Waals surface area contributed by atoms with Crippen molar-refractivity contribution in [2.45, 2.75) is 13.3 Å². The van der Waals surface area contributed by atoms with E-state index in [-0.39, 0.29) is 0 Å². The van der Waals surface area contributed by atoms with Gasteiger partial charge in [-0.2, -0.15) is 0 Å². The smallest absolute Gasteiger partial charge is 0.144 e. The first kappa shape index (κ1) is 23.5. The molecule has 0 amide bonds. The number of benzene rings is 6. The van der Waals surface area contributed by atoms with Crippen molar-refractivity contribution in [3.05, 3.63) is 120 Å². The Hall–Kier alpha value is -4.17. The molecule has 4 heteroatoms. The van der Waals surface area contributed by atoms with E-state index in [4.69, 9.17) is 21.3 Å². The highest BCUT2D eigenvalue weighted by atomic mass is 32.4. The van der Waals surface area contributed by atoms with Gasteiger partial charge in [-0.1, -0.05) is 97.6 Å². The van der Waals surface area contributed by atoms with Crippen molar-refractivity contribution in [2.24, 2.45) is 5.92 Å². The van der Waals surface area contributed by atoms with E-state index >= 15 is 0 Å². The van der Waals surface area contributed by atoms with E-state index in [9.17, 15) is 0 Å². The van der Waals surface area contributed by atoms with Crippen LogP contribution in [-0.4, -0.2) is 0 Å². The first-order chi connectivity index (χ1) is 20.1. The fourth-order valence-electron chi connectivity index (χ4n) is 6.92. The van der Waals surface area contributed by atoms with Crippen molar-refractivity contribution in [3.8, 4) is 34.1 Å². The Morgan fingerprint density at radius 1 is 0.707 bits per heavy atom. The summed E-state index contributed by atoms with van der Waals surface area (Å²) in [6, 6.07) is 34.2. The summed E-state index contributed by atoms with van der Waals surface area (Å²) < 4.78 is 13.5. The van der Waals surface area contributed by atoms with Gasteiger partial charge >= 0.3 is 0 Å². The van der Waals surface area contributed by atoms with Crippen molar-refractivity contribution in [1.29, 1.82) is 0 Å². The van der Waals surface area contributed by atoms with Gasteiger partial charge in [0.05, 0.1) is 11.3 Å². The fourth-order valence-corrected chi connectivity index (χ4v) is 11.4. The van der Waals surface area contributed by atoms with E-state index in [2.05, 4.69) is 116 Å². The Labute approximate surface area is 243 Å². The fraction of sp³-hybridized carbons (Fsp3) is 0.0811. The van der Waals surface area contributed by atoms with Gasteiger partial charge in [0.25, 0.3) is 0 Å². The molecule has 0 radical (unpaired) electrons. The Kier molecular flexibility index (Phi) is 4.83. The van der Waals surface area contributed by atoms with Crippen LogP contribution in [0.25, 0.3) is 38.7 Å². The van der Waals surface area contributed by atoms with Crippen LogP contribution in [0.1, 0.15) is 18.1 Å². The largest absolute Gasteiger partial charge is 0.456 e. The molecule has 0 saturated heterocycles. The maximum atomic E-state index is 6.89. The number of hydrogen-bond donors (Lipinski definition) is 0. The van der Waals surface area contributed by atoms with E-state index in [1.165, 1.54) is 27.5 Å². The van der Waals surface area contributed by atoms with Crippen molar-refractivity contribution in [2.75, 3.05) is 0 Å². The van der Waals surface area contributed by atoms with Crippen molar-refractivity contribution >= 4 is 61.4 Å². The molecule has 0 saturated carbocycles. The van der Waals surface area contributed by atoms with E-state index in [0.29, 0.717) is 5.92 Å². The highest BCUT2D eigenvalue weighted by Crippen LogP contribution is 2.60. The van der Waals surface area contributed by atoms with Crippen LogP contribution in [-0.2, 0) is 18.2 Å². The molecule has 196 valence electrons. The third-order valence-corrected chi connectivity index (χ3v) is 13.7. The SMILES string of the molecule is C[C@@H]1C=Cc2cc(-c3cc4c5c(c3)Oc3c(ccc6ccccc36)P5(=S)c3ccccc3O4)c3ccccc3c2C1. The van der Waals surface area contributed by atoms with Crippen LogP contribution in [0.15, 0.2) is 109 Å². The lowest BCUT2D eigenvalue weighted by Gasteiger charge is -2.38. The molecule has 0 N–H and O–H groups in total. The van der Waals surface area contributed by atoms with Gasteiger partial charge in [0, 0.05) is 16.0 Å². The molecule has 2 atom stereocenters. The molecule has 3 aliphatic rings. The van der Waals surface area contributed by atoms with Gasteiger partial charge in [-0.15, -0.1) is 0 Å². The van der Waals surface area contributed by atoms with E-state index in [1.54, 1.807) is 0 Å². The number of allylic oxidation sites excluding steroid dienone is 1. The normalized spacial score (nSPS) is 19.5. The molecule has 2 heterocycles. The Morgan fingerprint density at radius 2 is 1.44 bits per heavy atom. The van der Waals surface area contributed by atoms with E-state index in [0.717, 1.165) is 61.7 Å².